The molecule has 0 atom stereocenters. The predicted octanol–water partition coefficient (Wildman–Crippen LogP) is 1.51. The first kappa shape index (κ1) is 10.8. The molecule has 2 aromatic heterocycles. The molecule has 0 spiro atoms. The number of aromatic nitrogens is 3. The molecule has 90 valence electrons. The summed E-state index contributed by atoms with van der Waals surface area (Å²) in [5.41, 5.74) is 6.99. The Morgan fingerprint density at radius 2 is 1.94 bits per heavy atom. The summed E-state index contributed by atoms with van der Waals surface area (Å²) in [6.45, 7) is 0. The standard InChI is InChI=1S/C13H12N4O/c14-12(18)11-10(2-1-5-15-11)9-6-16-13(17-7-9)8-3-4-8/h1-2,5-8H,3-4H2,(H2,14,18). The number of nitrogens with zero attached hydrogens (tertiary/aromatic N) is 3. The van der Waals surface area contributed by atoms with Crippen molar-refractivity contribution in [2.45, 2.75) is 18.8 Å². The van der Waals surface area contributed by atoms with Crippen molar-refractivity contribution in [3.8, 4) is 11.1 Å². The molecule has 0 radical (unpaired) electrons. The van der Waals surface area contributed by atoms with Crippen molar-refractivity contribution in [2.75, 3.05) is 0 Å². The Bertz CT molecular complexity index is 590. The fourth-order valence-corrected chi connectivity index (χ4v) is 1.86. The number of carbonyl (C=O) groups excluding carboxylic acids is 1. The third-order valence-electron chi connectivity index (χ3n) is 2.97. The first-order valence-electron chi connectivity index (χ1n) is 5.83. The molecule has 5 heteroatoms. The van der Waals surface area contributed by atoms with Crippen LogP contribution in [-0.4, -0.2) is 20.9 Å². The number of pyridine rings is 1. The van der Waals surface area contributed by atoms with Gasteiger partial charge in [0.05, 0.1) is 0 Å². The highest BCUT2D eigenvalue weighted by Crippen LogP contribution is 2.38. The van der Waals surface area contributed by atoms with Crippen LogP contribution in [0.15, 0.2) is 30.7 Å². The number of nitrogens with two attached hydrogens (primary N) is 1. The first-order chi connectivity index (χ1) is 8.75. The third kappa shape index (κ3) is 1.95. The lowest BCUT2D eigenvalue weighted by Crippen LogP contribution is -2.14. The van der Waals surface area contributed by atoms with Crippen molar-refractivity contribution in [2.24, 2.45) is 5.73 Å². The molecule has 1 fully saturated rings. The zero-order valence-corrected chi connectivity index (χ0v) is 9.71. The van der Waals surface area contributed by atoms with Crippen LogP contribution < -0.4 is 5.73 Å². The van der Waals surface area contributed by atoms with Crippen molar-refractivity contribution in [3.63, 3.8) is 0 Å². The third-order valence-corrected chi connectivity index (χ3v) is 2.97. The summed E-state index contributed by atoms with van der Waals surface area (Å²) in [6, 6.07) is 3.55. The molecule has 0 aromatic carbocycles. The maximum atomic E-state index is 11.3. The number of rotatable bonds is 3. The average molecular weight is 240 g/mol. The molecule has 0 saturated heterocycles. The molecule has 18 heavy (non-hydrogen) atoms. The SMILES string of the molecule is NC(=O)c1ncccc1-c1cnc(C2CC2)nc1. The van der Waals surface area contributed by atoms with Crippen molar-refractivity contribution < 1.29 is 4.79 Å². The fourth-order valence-electron chi connectivity index (χ4n) is 1.86. The molecule has 0 aliphatic heterocycles. The van der Waals surface area contributed by atoms with E-state index >= 15 is 0 Å². The lowest BCUT2D eigenvalue weighted by molar-refractivity contribution is 0.0996. The lowest BCUT2D eigenvalue weighted by atomic mass is 10.1. The van der Waals surface area contributed by atoms with Gasteiger partial charge in [-0.15, -0.1) is 0 Å². The molecule has 0 unspecified atom stereocenters. The van der Waals surface area contributed by atoms with Crippen LogP contribution in [0, 0.1) is 0 Å². The van der Waals surface area contributed by atoms with Crippen LogP contribution in [0.4, 0.5) is 0 Å². The zero-order chi connectivity index (χ0) is 12.5. The van der Waals surface area contributed by atoms with Crippen LogP contribution in [-0.2, 0) is 0 Å². The smallest absolute Gasteiger partial charge is 0.267 e. The minimum Gasteiger partial charge on any atom is -0.364 e. The van der Waals surface area contributed by atoms with Gasteiger partial charge in [0.1, 0.15) is 11.5 Å². The quantitative estimate of drug-likeness (QED) is 0.881. The number of hydrogen-bond donors (Lipinski definition) is 1. The molecular formula is C13H12N4O. The molecule has 2 aromatic rings. The second-order valence-electron chi connectivity index (χ2n) is 4.37. The van der Waals surface area contributed by atoms with E-state index < -0.39 is 5.91 Å². The van der Waals surface area contributed by atoms with E-state index in [0.717, 1.165) is 11.4 Å². The Balaban J connectivity index is 2.01. The summed E-state index contributed by atoms with van der Waals surface area (Å²) in [5.74, 6) is 0.851. The van der Waals surface area contributed by atoms with E-state index in [0.29, 0.717) is 11.5 Å². The predicted molar refractivity (Wildman–Crippen MR) is 65.8 cm³/mol. The van der Waals surface area contributed by atoms with Crippen LogP contribution in [0.2, 0.25) is 0 Å². The normalized spacial score (nSPS) is 14.4. The summed E-state index contributed by atoms with van der Waals surface area (Å²) in [5, 5.41) is 0. The topological polar surface area (TPSA) is 81.8 Å². The molecule has 1 aliphatic rings. The van der Waals surface area contributed by atoms with Gasteiger partial charge in [0, 0.05) is 35.6 Å². The summed E-state index contributed by atoms with van der Waals surface area (Å²) < 4.78 is 0. The van der Waals surface area contributed by atoms with Crippen LogP contribution in [0.5, 0.6) is 0 Å². The van der Waals surface area contributed by atoms with Gasteiger partial charge in [-0.25, -0.2) is 9.97 Å². The van der Waals surface area contributed by atoms with E-state index in [1.165, 1.54) is 12.8 Å². The Morgan fingerprint density at radius 3 is 2.56 bits per heavy atom. The molecule has 1 amide bonds. The van der Waals surface area contributed by atoms with Gasteiger partial charge in [-0.1, -0.05) is 6.07 Å². The van der Waals surface area contributed by atoms with Crippen molar-refractivity contribution in [3.05, 3.63) is 42.2 Å². The fraction of sp³-hybridized carbons (Fsp3) is 0.231. The summed E-state index contributed by atoms with van der Waals surface area (Å²) in [6.07, 6.45) is 7.33. The molecule has 5 nitrogen and oxygen atoms in total. The second kappa shape index (κ2) is 4.18. The van der Waals surface area contributed by atoms with E-state index in [1.54, 1.807) is 30.7 Å². The van der Waals surface area contributed by atoms with Crippen molar-refractivity contribution in [1.82, 2.24) is 15.0 Å². The number of hydrogen-bond acceptors (Lipinski definition) is 4. The van der Waals surface area contributed by atoms with Gasteiger partial charge in [-0.3, -0.25) is 9.78 Å². The van der Waals surface area contributed by atoms with Gasteiger partial charge in [0.25, 0.3) is 5.91 Å². The van der Waals surface area contributed by atoms with E-state index in [9.17, 15) is 4.79 Å². The molecule has 2 N–H and O–H groups in total. The monoisotopic (exact) mass is 240 g/mol. The van der Waals surface area contributed by atoms with Crippen molar-refractivity contribution in [1.29, 1.82) is 0 Å². The lowest BCUT2D eigenvalue weighted by Gasteiger charge is -2.05. The first-order valence-corrected chi connectivity index (χ1v) is 5.83. The van der Waals surface area contributed by atoms with E-state index in [2.05, 4.69) is 15.0 Å². The van der Waals surface area contributed by atoms with Gasteiger partial charge < -0.3 is 5.73 Å². The minimum absolute atomic E-state index is 0.250. The number of amides is 1. The van der Waals surface area contributed by atoms with E-state index in [1.807, 2.05) is 0 Å². The molecule has 0 bridgehead atoms. The van der Waals surface area contributed by atoms with Crippen molar-refractivity contribution >= 4 is 5.91 Å². The zero-order valence-electron chi connectivity index (χ0n) is 9.71. The Kier molecular flexibility index (Phi) is 2.51. The molecule has 1 aliphatic carbocycles. The highest BCUT2D eigenvalue weighted by molar-refractivity contribution is 5.97. The number of carbonyl (C=O) groups is 1. The Hall–Kier alpha value is -2.30. The maximum Gasteiger partial charge on any atom is 0.267 e. The van der Waals surface area contributed by atoms with Crippen LogP contribution in [0.3, 0.4) is 0 Å². The Morgan fingerprint density at radius 1 is 1.22 bits per heavy atom. The van der Waals surface area contributed by atoms with Gasteiger partial charge in [-0.2, -0.15) is 0 Å². The van der Waals surface area contributed by atoms with Crippen LogP contribution >= 0.6 is 0 Å². The van der Waals surface area contributed by atoms with E-state index in [-0.39, 0.29) is 5.69 Å². The van der Waals surface area contributed by atoms with Gasteiger partial charge in [-0.05, 0) is 18.9 Å². The largest absolute Gasteiger partial charge is 0.364 e. The second-order valence-corrected chi connectivity index (χ2v) is 4.37. The molecule has 3 rings (SSSR count). The molecule has 1 saturated carbocycles. The minimum atomic E-state index is -0.545. The summed E-state index contributed by atoms with van der Waals surface area (Å²) in [4.78, 5) is 23.9. The van der Waals surface area contributed by atoms with Gasteiger partial charge in [0.2, 0.25) is 0 Å². The van der Waals surface area contributed by atoms with E-state index in [4.69, 9.17) is 5.73 Å². The van der Waals surface area contributed by atoms with Crippen LogP contribution in [0.1, 0.15) is 35.1 Å². The average Bonchev–Trinajstić information content (AvgIpc) is 3.23. The maximum absolute atomic E-state index is 11.3. The molecule has 2 heterocycles. The summed E-state index contributed by atoms with van der Waals surface area (Å²) in [7, 11) is 0. The van der Waals surface area contributed by atoms with Gasteiger partial charge in [0.15, 0.2) is 0 Å². The highest BCUT2D eigenvalue weighted by atomic mass is 16.1. The highest BCUT2D eigenvalue weighted by Gasteiger charge is 2.26. The summed E-state index contributed by atoms with van der Waals surface area (Å²) >= 11 is 0. The Labute approximate surface area is 104 Å². The van der Waals surface area contributed by atoms with Gasteiger partial charge >= 0.3 is 0 Å². The van der Waals surface area contributed by atoms with Crippen LogP contribution in [0.25, 0.3) is 11.1 Å². The molecular weight excluding hydrogens is 228 g/mol. The number of primary amides is 1.